The van der Waals surface area contributed by atoms with Gasteiger partial charge in [-0.25, -0.2) is 9.78 Å². The molecule has 0 aliphatic carbocycles. The molecule has 1 aromatic carbocycles. The molecule has 1 unspecified atom stereocenters. The first-order valence-corrected chi connectivity index (χ1v) is 9.66. The van der Waals surface area contributed by atoms with E-state index in [1.807, 2.05) is 24.3 Å². The fourth-order valence-corrected chi connectivity index (χ4v) is 3.83. The van der Waals surface area contributed by atoms with Gasteiger partial charge in [-0.15, -0.1) is 0 Å². The van der Waals surface area contributed by atoms with E-state index >= 15 is 0 Å². The zero-order valence-electron chi connectivity index (χ0n) is 16.5. The molecule has 0 bridgehead atoms. The van der Waals surface area contributed by atoms with Gasteiger partial charge in [0.2, 0.25) is 5.91 Å². The second kappa shape index (κ2) is 7.67. The molecule has 0 radical (unpaired) electrons. The summed E-state index contributed by atoms with van der Waals surface area (Å²) in [6, 6.07) is 9.19. The molecule has 29 heavy (non-hydrogen) atoms. The average Bonchev–Trinajstić information content (AvgIpc) is 3.15. The molecule has 1 amide bonds. The number of likely N-dealkylation sites (tertiary alicyclic amines) is 1. The number of carbonyl (C=O) groups excluding carboxylic acids is 1. The van der Waals surface area contributed by atoms with E-state index in [0.717, 1.165) is 47.4 Å². The van der Waals surface area contributed by atoms with Crippen LogP contribution < -0.4 is 16.6 Å². The van der Waals surface area contributed by atoms with Gasteiger partial charge >= 0.3 is 5.69 Å². The summed E-state index contributed by atoms with van der Waals surface area (Å²) in [6.45, 7) is 1.74. The number of benzene rings is 1. The highest BCUT2D eigenvalue weighted by molar-refractivity contribution is 5.91. The van der Waals surface area contributed by atoms with Crippen LogP contribution in [0.2, 0.25) is 0 Å². The maximum Gasteiger partial charge on any atom is 0.332 e. The third-order valence-corrected chi connectivity index (χ3v) is 5.46. The van der Waals surface area contributed by atoms with Gasteiger partial charge in [0.25, 0.3) is 5.56 Å². The number of fused-ring (bicyclic) bond motifs is 1. The van der Waals surface area contributed by atoms with E-state index in [0.29, 0.717) is 0 Å². The molecule has 4 rings (SSSR count). The third kappa shape index (κ3) is 3.86. The number of hydrogen-bond acceptors (Lipinski definition) is 5. The largest absolute Gasteiger partial charge is 0.342 e. The third-order valence-electron chi connectivity index (χ3n) is 5.46. The minimum Gasteiger partial charge on any atom is -0.342 e. The van der Waals surface area contributed by atoms with Crippen LogP contribution in [0.4, 0.5) is 5.82 Å². The predicted molar refractivity (Wildman–Crippen MR) is 110 cm³/mol. The van der Waals surface area contributed by atoms with E-state index in [2.05, 4.69) is 15.2 Å². The van der Waals surface area contributed by atoms with Crippen molar-refractivity contribution in [1.29, 1.82) is 0 Å². The number of nitrogens with zero attached hydrogens (tertiary/aromatic N) is 4. The SMILES string of the molecule is Cn1c(NC(=O)CN2CCCC(c3nc4ccccc4[nH]3)C2)cc(=O)n(C)c1=O. The van der Waals surface area contributed by atoms with Gasteiger partial charge in [0.1, 0.15) is 11.6 Å². The van der Waals surface area contributed by atoms with Crippen molar-refractivity contribution >= 4 is 22.8 Å². The van der Waals surface area contributed by atoms with Crippen molar-refractivity contribution in [2.24, 2.45) is 14.1 Å². The summed E-state index contributed by atoms with van der Waals surface area (Å²) in [7, 11) is 2.93. The summed E-state index contributed by atoms with van der Waals surface area (Å²) >= 11 is 0. The Bertz CT molecular complexity index is 1140. The number of rotatable bonds is 4. The van der Waals surface area contributed by atoms with Crippen LogP contribution in [0.15, 0.2) is 39.9 Å². The normalized spacial score (nSPS) is 17.5. The molecule has 2 aromatic heterocycles. The van der Waals surface area contributed by atoms with Gasteiger partial charge in [-0.2, -0.15) is 0 Å². The zero-order valence-corrected chi connectivity index (χ0v) is 16.5. The zero-order chi connectivity index (χ0) is 20.5. The molecule has 152 valence electrons. The van der Waals surface area contributed by atoms with Gasteiger partial charge in [-0.3, -0.25) is 23.6 Å². The van der Waals surface area contributed by atoms with Crippen molar-refractivity contribution in [1.82, 2.24) is 24.0 Å². The number of nitrogens with one attached hydrogen (secondary N) is 2. The molecule has 1 saturated heterocycles. The van der Waals surface area contributed by atoms with Crippen molar-refractivity contribution in [3.8, 4) is 0 Å². The Morgan fingerprint density at radius 1 is 1.24 bits per heavy atom. The first kappa shape index (κ1) is 19.1. The minimum absolute atomic E-state index is 0.195. The van der Waals surface area contributed by atoms with Gasteiger partial charge in [-0.05, 0) is 31.5 Å². The van der Waals surface area contributed by atoms with Crippen LogP contribution >= 0.6 is 0 Å². The molecule has 1 aliphatic heterocycles. The summed E-state index contributed by atoms with van der Waals surface area (Å²) in [5.74, 6) is 1.13. The van der Waals surface area contributed by atoms with Gasteiger partial charge in [-0.1, -0.05) is 12.1 Å². The maximum atomic E-state index is 12.5. The van der Waals surface area contributed by atoms with Crippen LogP contribution in [0.5, 0.6) is 0 Å². The number of piperidine rings is 1. The second-order valence-corrected chi connectivity index (χ2v) is 7.53. The minimum atomic E-state index is -0.476. The summed E-state index contributed by atoms with van der Waals surface area (Å²) in [4.78, 5) is 46.5. The highest BCUT2D eigenvalue weighted by atomic mass is 16.2. The Kier molecular flexibility index (Phi) is 5.06. The molecule has 0 spiro atoms. The molecule has 9 heteroatoms. The highest BCUT2D eigenvalue weighted by Gasteiger charge is 2.25. The van der Waals surface area contributed by atoms with Crippen LogP contribution in [-0.2, 0) is 18.9 Å². The highest BCUT2D eigenvalue weighted by Crippen LogP contribution is 2.26. The van der Waals surface area contributed by atoms with Crippen molar-refractivity contribution < 1.29 is 4.79 Å². The van der Waals surface area contributed by atoms with Crippen molar-refractivity contribution in [2.45, 2.75) is 18.8 Å². The number of aromatic amines is 1. The lowest BCUT2D eigenvalue weighted by molar-refractivity contribution is -0.117. The smallest absolute Gasteiger partial charge is 0.332 e. The fourth-order valence-electron chi connectivity index (χ4n) is 3.83. The van der Waals surface area contributed by atoms with Gasteiger partial charge in [0.05, 0.1) is 17.6 Å². The lowest BCUT2D eigenvalue weighted by atomic mass is 9.97. The van der Waals surface area contributed by atoms with Crippen LogP contribution in [0, 0.1) is 0 Å². The summed E-state index contributed by atoms with van der Waals surface area (Å²) in [5, 5.41) is 2.69. The maximum absolute atomic E-state index is 12.5. The lowest BCUT2D eigenvalue weighted by Crippen LogP contribution is -2.42. The number of para-hydroxylation sites is 2. The molecule has 3 aromatic rings. The monoisotopic (exact) mass is 396 g/mol. The average molecular weight is 396 g/mol. The topological polar surface area (TPSA) is 105 Å². The molecule has 0 saturated carbocycles. The molecule has 1 aliphatic rings. The van der Waals surface area contributed by atoms with E-state index in [-0.39, 0.29) is 24.2 Å². The standard InChI is InChI=1S/C20H24N6O3/c1-24-16(10-18(28)25(2)20(24)29)23-17(27)12-26-9-5-6-13(11-26)19-21-14-7-3-4-8-15(14)22-19/h3-4,7-8,10,13H,5-6,9,11-12H2,1-2H3,(H,21,22)(H,23,27). The number of anilines is 1. The van der Waals surface area contributed by atoms with Crippen LogP contribution in [0.3, 0.4) is 0 Å². The Morgan fingerprint density at radius 3 is 2.83 bits per heavy atom. The summed E-state index contributed by atoms with van der Waals surface area (Å²) in [5.41, 5.74) is 1.04. The predicted octanol–water partition coefficient (Wildman–Crippen LogP) is 0.778. The molecule has 2 N–H and O–H groups in total. The lowest BCUT2D eigenvalue weighted by Gasteiger charge is -2.31. The number of carbonyl (C=O) groups is 1. The van der Waals surface area contributed by atoms with Crippen LogP contribution in [0.25, 0.3) is 11.0 Å². The van der Waals surface area contributed by atoms with Crippen molar-refractivity contribution in [2.75, 3.05) is 25.0 Å². The van der Waals surface area contributed by atoms with Gasteiger partial charge in [0, 0.05) is 32.6 Å². The Hall–Kier alpha value is -3.20. The number of imidazole rings is 1. The number of hydrogen-bond donors (Lipinski definition) is 2. The molecular weight excluding hydrogens is 372 g/mol. The van der Waals surface area contributed by atoms with Crippen molar-refractivity contribution in [3.05, 3.63) is 57.0 Å². The Labute approximate surface area is 167 Å². The first-order valence-electron chi connectivity index (χ1n) is 9.66. The molecule has 1 fully saturated rings. The van der Waals surface area contributed by atoms with E-state index < -0.39 is 11.2 Å². The first-order chi connectivity index (χ1) is 13.9. The second-order valence-electron chi connectivity index (χ2n) is 7.53. The summed E-state index contributed by atoms with van der Waals surface area (Å²) < 4.78 is 2.25. The van der Waals surface area contributed by atoms with E-state index in [1.54, 1.807) is 0 Å². The number of aromatic nitrogens is 4. The Balaban J connectivity index is 1.43. The van der Waals surface area contributed by atoms with Crippen LogP contribution in [-0.4, -0.2) is 49.5 Å². The van der Waals surface area contributed by atoms with E-state index in [4.69, 9.17) is 4.98 Å². The quantitative estimate of drug-likeness (QED) is 0.678. The van der Waals surface area contributed by atoms with Gasteiger partial charge < -0.3 is 10.3 Å². The molecular formula is C20H24N6O3. The van der Waals surface area contributed by atoms with E-state index in [9.17, 15) is 14.4 Å². The number of H-pyrrole nitrogens is 1. The number of amides is 1. The molecule has 1 atom stereocenters. The fraction of sp³-hybridized carbons (Fsp3) is 0.400. The van der Waals surface area contributed by atoms with Crippen LogP contribution in [0.1, 0.15) is 24.6 Å². The Morgan fingerprint density at radius 2 is 2.03 bits per heavy atom. The van der Waals surface area contributed by atoms with E-state index in [1.165, 1.54) is 24.7 Å². The van der Waals surface area contributed by atoms with Gasteiger partial charge in [0.15, 0.2) is 0 Å². The van der Waals surface area contributed by atoms with Crippen molar-refractivity contribution in [3.63, 3.8) is 0 Å². The molecule has 3 heterocycles. The summed E-state index contributed by atoms with van der Waals surface area (Å²) in [6.07, 6.45) is 1.99. The molecule has 9 nitrogen and oxygen atoms in total.